The second-order valence-corrected chi connectivity index (χ2v) is 9.28. The molecule has 1 aliphatic rings. The molecule has 4 amide bonds. The summed E-state index contributed by atoms with van der Waals surface area (Å²) in [6.45, 7) is 0. The quantitative estimate of drug-likeness (QED) is 0.167. The van der Waals surface area contributed by atoms with Crippen LogP contribution in [-0.2, 0) is 19.7 Å². The van der Waals surface area contributed by atoms with Crippen molar-refractivity contribution in [2.45, 2.75) is 4.90 Å². The van der Waals surface area contributed by atoms with E-state index in [2.05, 4.69) is 0 Å². The molecule has 0 saturated carbocycles. The number of nitrogens with zero attached hydrogens (tertiary/aromatic N) is 2. The molecule has 4 rings (SSSR count). The molecule has 0 atom stereocenters. The molecular weight excluding hydrogens is 514 g/mol. The number of carbonyl (C=O) groups excluding carboxylic acids is 3. The van der Waals surface area contributed by atoms with E-state index in [-0.39, 0.29) is 27.6 Å². The Labute approximate surface area is 208 Å². The van der Waals surface area contributed by atoms with Crippen molar-refractivity contribution in [3.05, 3.63) is 99.1 Å². The summed E-state index contributed by atoms with van der Waals surface area (Å²) in [6.07, 6.45) is 1.16. The monoisotopic (exact) mass is 527 g/mol. The largest absolute Gasteiger partial charge is 0.379 e. The molecular formula is C23H14ClN3O8S. The van der Waals surface area contributed by atoms with Gasteiger partial charge in [-0.15, -0.1) is 0 Å². The fraction of sp³-hybridized carbons (Fsp3) is 0. The number of imide groups is 2. The standard InChI is InChI=1S/C23H14ClN3O8S/c24-15-4-10-19(11-5-15)36(33,34)35-18-3-1-2-14(12-18)13-20-21(28)25-23(30)26(22(20)29)16-6-8-17(9-7-16)27(31)32/h1-13H,(H,25,28,30)/b20-13-. The third-order valence-corrected chi connectivity index (χ3v) is 6.41. The Bertz CT molecular complexity index is 1530. The van der Waals surface area contributed by atoms with E-state index >= 15 is 0 Å². The molecule has 0 aliphatic carbocycles. The van der Waals surface area contributed by atoms with Crippen molar-refractivity contribution in [3.63, 3.8) is 0 Å². The van der Waals surface area contributed by atoms with Crippen molar-refractivity contribution < 1.29 is 31.9 Å². The third kappa shape index (κ3) is 5.09. The second kappa shape index (κ2) is 9.60. The summed E-state index contributed by atoms with van der Waals surface area (Å²) in [5.41, 5.74) is -0.436. The highest BCUT2D eigenvalue weighted by Gasteiger charge is 2.37. The second-order valence-electron chi connectivity index (χ2n) is 7.30. The summed E-state index contributed by atoms with van der Waals surface area (Å²) in [6, 6.07) is 14.5. The number of halogens is 1. The maximum Gasteiger partial charge on any atom is 0.339 e. The third-order valence-electron chi connectivity index (χ3n) is 4.90. The van der Waals surface area contributed by atoms with Gasteiger partial charge in [-0.05, 0) is 60.2 Å². The molecule has 36 heavy (non-hydrogen) atoms. The van der Waals surface area contributed by atoms with Crippen LogP contribution < -0.4 is 14.4 Å². The number of benzene rings is 3. The summed E-state index contributed by atoms with van der Waals surface area (Å²) in [5.74, 6) is -2.03. The summed E-state index contributed by atoms with van der Waals surface area (Å²) in [4.78, 5) is 48.5. The topological polar surface area (TPSA) is 153 Å². The van der Waals surface area contributed by atoms with Gasteiger partial charge in [0.15, 0.2) is 0 Å². The number of urea groups is 1. The van der Waals surface area contributed by atoms with Gasteiger partial charge in [-0.25, -0.2) is 9.69 Å². The van der Waals surface area contributed by atoms with E-state index in [1.807, 2.05) is 5.32 Å². The van der Waals surface area contributed by atoms with Gasteiger partial charge in [0, 0.05) is 17.2 Å². The van der Waals surface area contributed by atoms with Gasteiger partial charge in [-0.3, -0.25) is 25.0 Å². The summed E-state index contributed by atoms with van der Waals surface area (Å²) in [7, 11) is -4.19. The highest BCUT2D eigenvalue weighted by atomic mass is 35.5. The molecule has 0 aromatic heterocycles. The van der Waals surface area contributed by atoms with Crippen LogP contribution in [-0.4, -0.2) is 31.2 Å². The molecule has 182 valence electrons. The van der Waals surface area contributed by atoms with Gasteiger partial charge >= 0.3 is 16.1 Å². The molecule has 13 heteroatoms. The van der Waals surface area contributed by atoms with Crippen LogP contribution in [0.15, 0.2) is 83.3 Å². The van der Waals surface area contributed by atoms with Crippen LogP contribution in [0, 0.1) is 10.1 Å². The van der Waals surface area contributed by atoms with E-state index in [0.717, 1.165) is 18.2 Å². The molecule has 1 fully saturated rings. The molecule has 1 saturated heterocycles. The van der Waals surface area contributed by atoms with Crippen molar-refractivity contribution in [3.8, 4) is 5.75 Å². The van der Waals surface area contributed by atoms with Gasteiger partial charge in [0.05, 0.1) is 10.6 Å². The number of nitro groups is 1. The Morgan fingerprint density at radius 2 is 1.64 bits per heavy atom. The first-order chi connectivity index (χ1) is 17.0. The van der Waals surface area contributed by atoms with Crippen molar-refractivity contribution in [2.24, 2.45) is 0 Å². The summed E-state index contributed by atoms with van der Waals surface area (Å²) < 4.78 is 30.2. The molecule has 0 spiro atoms. The predicted octanol–water partition coefficient (Wildman–Crippen LogP) is 3.68. The van der Waals surface area contributed by atoms with Gasteiger partial charge < -0.3 is 4.18 Å². The van der Waals surface area contributed by atoms with Crippen LogP contribution in [0.4, 0.5) is 16.2 Å². The lowest BCUT2D eigenvalue weighted by atomic mass is 10.1. The maximum atomic E-state index is 13.0. The van der Waals surface area contributed by atoms with E-state index in [4.69, 9.17) is 15.8 Å². The number of hydrogen-bond acceptors (Lipinski definition) is 8. The molecule has 0 unspecified atom stereocenters. The SMILES string of the molecule is O=C1NC(=O)N(c2ccc([N+](=O)[O-])cc2)C(=O)/C1=C\c1cccc(OS(=O)(=O)c2ccc(Cl)cc2)c1. The number of carbonyl (C=O) groups is 3. The first-order valence-corrected chi connectivity index (χ1v) is 11.8. The van der Waals surface area contributed by atoms with Crippen LogP contribution in [0.2, 0.25) is 5.02 Å². The Balaban J connectivity index is 1.62. The molecule has 3 aromatic carbocycles. The minimum absolute atomic E-state index is 0.00708. The van der Waals surface area contributed by atoms with Gasteiger partial charge in [0.1, 0.15) is 16.2 Å². The number of amides is 4. The lowest BCUT2D eigenvalue weighted by molar-refractivity contribution is -0.384. The number of non-ortho nitro benzene ring substituents is 1. The molecule has 3 aromatic rings. The van der Waals surface area contributed by atoms with Crippen LogP contribution in [0.25, 0.3) is 6.08 Å². The molecule has 0 radical (unpaired) electrons. The lowest BCUT2D eigenvalue weighted by Gasteiger charge is -2.26. The number of nitro benzene ring substituents is 1. The van der Waals surface area contributed by atoms with Gasteiger partial charge in [-0.1, -0.05) is 23.7 Å². The minimum Gasteiger partial charge on any atom is -0.379 e. The highest BCUT2D eigenvalue weighted by Crippen LogP contribution is 2.26. The molecule has 0 bridgehead atoms. The average molecular weight is 528 g/mol. The Morgan fingerprint density at radius 3 is 2.28 bits per heavy atom. The van der Waals surface area contributed by atoms with E-state index in [0.29, 0.717) is 9.92 Å². The van der Waals surface area contributed by atoms with Crippen molar-refractivity contribution in [1.82, 2.24) is 5.32 Å². The van der Waals surface area contributed by atoms with Gasteiger partial charge in [-0.2, -0.15) is 8.42 Å². The average Bonchev–Trinajstić information content (AvgIpc) is 2.82. The summed E-state index contributed by atoms with van der Waals surface area (Å²) >= 11 is 5.78. The van der Waals surface area contributed by atoms with E-state index in [1.54, 1.807) is 0 Å². The van der Waals surface area contributed by atoms with E-state index in [9.17, 15) is 32.9 Å². The number of barbiturate groups is 1. The van der Waals surface area contributed by atoms with E-state index < -0.39 is 38.5 Å². The Kier molecular flexibility index (Phi) is 6.55. The van der Waals surface area contributed by atoms with Crippen LogP contribution in [0.5, 0.6) is 5.75 Å². The Hall–Kier alpha value is -4.55. The van der Waals surface area contributed by atoms with Crippen LogP contribution in [0.1, 0.15) is 5.56 Å². The number of nitrogens with one attached hydrogen (secondary N) is 1. The molecule has 1 aliphatic heterocycles. The fourth-order valence-electron chi connectivity index (χ4n) is 3.21. The zero-order chi connectivity index (χ0) is 26.0. The first kappa shape index (κ1) is 24.6. The predicted molar refractivity (Wildman–Crippen MR) is 128 cm³/mol. The van der Waals surface area contributed by atoms with Crippen molar-refractivity contribution >= 4 is 57.0 Å². The molecule has 1 heterocycles. The highest BCUT2D eigenvalue weighted by molar-refractivity contribution is 7.87. The van der Waals surface area contributed by atoms with Crippen LogP contribution in [0.3, 0.4) is 0 Å². The molecule has 11 nitrogen and oxygen atoms in total. The normalized spacial score (nSPS) is 15.1. The smallest absolute Gasteiger partial charge is 0.339 e. The number of rotatable bonds is 6. The molecule has 1 N–H and O–H groups in total. The number of anilines is 1. The van der Waals surface area contributed by atoms with Crippen LogP contribution >= 0.6 is 11.6 Å². The van der Waals surface area contributed by atoms with Gasteiger partial charge in [0.25, 0.3) is 17.5 Å². The van der Waals surface area contributed by atoms with E-state index in [1.165, 1.54) is 60.7 Å². The van der Waals surface area contributed by atoms with Gasteiger partial charge in [0.2, 0.25) is 0 Å². The Morgan fingerprint density at radius 1 is 0.972 bits per heavy atom. The lowest BCUT2D eigenvalue weighted by Crippen LogP contribution is -2.54. The minimum atomic E-state index is -4.19. The van der Waals surface area contributed by atoms with Crippen molar-refractivity contribution in [1.29, 1.82) is 0 Å². The zero-order valence-corrected chi connectivity index (χ0v) is 19.5. The fourth-order valence-corrected chi connectivity index (χ4v) is 4.26. The summed E-state index contributed by atoms with van der Waals surface area (Å²) in [5, 5.41) is 13.2. The first-order valence-electron chi connectivity index (χ1n) is 10.0. The zero-order valence-electron chi connectivity index (χ0n) is 18.0. The van der Waals surface area contributed by atoms with Crippen molar-refractivity contribution in [2.75, 3.05) is 4.90 Å². The maximum absolute atomic E-state index is 13.0. The number of hydrogen-bond donors (Lipinski definition) is 1.